The second-order valence-corrected chi connectivity index (χ2v) is 6.79. The van der Waals surface area contributed by atoms with E-state index in [-0.39, 0.29) is 5.92 Å². The molecule has 1 aromatic carbocycles. The molecule has 1 aliphatic carbocycles. The number of hydrogen-bond acceptors (Lipinski definition) is 1. The molecule has 0 spiro atoms. The van der Waals surface area contributed by atoms with Crippen molar-refractivity contribution in [3.05, 3.63) is 35.4 Å². The molecule has 2 unspecified atom stereocenters. The number of benzene rings is 1. The van der Waals surface area contributed by atoms with Crippen LogP contribution in [0, 0.1) is 5.92 Å². The molecule has 1 nitrogen and oxygen atoms in total. The van der Waals surface area contributed by atoms with E-state index in [1.165, 1.54) is 5.56 Å². The summed E-state index contributed by atoms with van der Waals surface area (Å²) in [5, 5.41) is 11.1. The molecule has 0 radical (unpaired) electrons. The number of alkyl halides is 2. The maximum atomic E-state index is 13.1. The largest absolute Gasteiger partial charge is 0.385 e. The topological polar surface area (TPSA) is 20.2 Å². The van der Waals surface area contributed by atoms with Gasteiger partial charge < -0.3 is 5.11 Å². The fourth-order valence-electron chi connectivity index (χ4n) is 3.67. The van der Waals surface area contributed by atoms with E-state index in [2.05, 4.69) is 13.8 Å². The Morgan fingerprint density at radius 2 is 1.73 bits per heavy atom. The van der Waals surface area contributed by atoms with E-state index < -0.39 is 18.4 Å². The second-order valence-electron chi connectivity index (χ2n) is 6.79. The average molecular weight is 310 g/mol. The van der Waals surface area contributed by atoms with Gasteiger partial charge in [0.05, 0.1) is 5.60 Å². The minimum Gasteiger partial charge on any atom is -0.385 e. The van der Waals surface area contributed by atoms with Gasteiger partial charge in [-0.2, -0.15) is 0 Å². The highest BCUT2D eigenvalue weighted by Gasteiger charge is 2.41. The molecule has 22 heavy (non-hydrogen) atoms. The van der Waals surface area contributed by atoms with Crippen molar-refractivity contribution in [1.29, 1.82) is 0 Å². The van der Waals surface area contributed by atoms with Crippen molar-refractivity contribution in [2.75, 3.05) is 0 Å². The van der Waals surface area contributed by atoms with Gasteiger partial charge in [-0.05, 0) is 42.2 Å². The fourth-order valence-corrected chi connectivity index (χ4v) is 3.67. The molecule has 1 aromatic rings. The molecule has 3 heteroatoms. The van der Waals surface area contributed by atoms with Crippen LogP contribution < -0.4 is 0 Å². The van der Waals surface area contributed by atoms with E-state index in [9.17, 15) is 13.9 Å². The molecule has 1 N–H and O–H groups in total. The molecular formula is C19H28F2O. The lowest BCUT2D eigenvalue weighted by atomic mass is 9.71. The van der Waals surface area contributed by atoms with Crippen LogP contribution in [0.5, 0.6) is 0 Å². The Morgan fingerprint density at radius 3 is 2.23 bits per heavy atom. The molecule has 0 aromatic heterocycles. The Labute approximate surface area is 132 Å². The van der Waals surface area contributed by atoms with Crippen LogP contribution in [0.25, 0.3) is 0 Å². The van der Waals surface area contributed by atoms with Crippen molar-refractivity contribution in [2.45, 2.75) is 76.7 Å². The first-order valence-electron chi connectivity index (χ1n) is 8.58. The standard InChI is InChI=1S/C19H28F2O/c1-3-14(2)15-9-11-17(12-10-15)19(22,13-18(20)21)16-7-5-4-6-8-16/h9-12,14,16,18,22H,3-8,13H2,1-2H3. The second kappa shape index (κ2) is 7.54. The highest BCUT2D eigenvalue weighted by atomic mass is 19.3. The van der Waals surface area contributed by atoms with E-state index in [1.54, 1.807) is 0 Å². The minimum atomic E-state index is -2.49. The van der Waals surface area contributed by atoms with E-state index in [0.717, 1.165) is 38.5 Å². The van der Waals surface area contributed by atoms with Gasteiger partial charge in [0, 0.05) is 6.42 Å². The summed E-state index contributed by atoms with van der Waals surface area (Å²) in [6.07, 6.45) is 2.99. The molecule has 1 fully saturated rings. The van der Waals surface area contributed by atoms with Crippen molar-refractivity contribution in [2.24, 2.45) is 5.92 Å². The molecule has 0 aliphatic heterocycles. The van der Waals surface area contributed by atoms with Crippen LogP contribution in [-0.4, -0.2) is 11.5 Å². The summed E-state index contributed by atoms with van der Waals surface area (Å²) in [6, 6.07) is 7.70. The first-order valence-corrected chi connectivity index (χ1v) is 8.58. The summed E-state index contributed by atoms with van der Waals surface area (Å²) in [5.41, 5.74) is 0.476. The van der Waals surface area contributed by atoms with E-state index in [0.29, 0.717) is 11.5 Å². The molecule has 1 aliphatic rings. The summed E-state index contributed by atoms with van der Waals surface area (Å²) < 4.78 is 26.1. The van der Waals surface area contributed by atoms with Gasteiger partial charge in [-0.15, -0.1) is 0 Å². The lowest BCUT2D eigenvalue weighted by Crippen LogP contribution is -2.38. The van der Waals surface area contributed by atoms with Gasteiger partial charge in [-0.3, -0.25) is 0 Å². The van der Waals surface area contributed by atoms with Crippen molar-refractivity contribution >= 4 is 0 Å². The van der Waals surface area contributed by atoms with Crippen LogP contribution in [0.2, 0.25) is 0 Å². The van der Waals surface area contributed by atoms with Gasteiger partial charge in [0.25, 0.3) is 0 Å². The van der Waals surface area contributed by atoms with Crippen molar-refractivity contribution in [3.8, 4) is 0 Å². The smallest absolute Gasteiger partial charge is 0.241 e. The number of rotatable bonds is 6. The molecule has 0 heterocycles. The highest BCUT2D eigenvalue weighted by Crippen LogP contribution is 2.43. The summed E-state index contributed by atoms with van der Waals surface area (Å²) in [7, 11) is 0. The quantitative estimate of drug-likeness (QED) is 0.722. The zero-order chi connectivity index (χ0) is 16.2. The predicted molar refractivity (Wildman–Crippen MR) is 86.2 cm³/mol. The van der Waals surface area contributed by atoms with E-state index >= 15 is 0 Å². The highest BCUT2D eigenvalue weighted by molar-refractivity contribution is 5.30. The Bertz CT molecular complexity index is 451. The molecule has 0 saturated heterocycles. The van der Waals surface area contributed by atoms with Crippen LogP contribution in [-0.2, 0) is 5.60 Å². The molecular weight excluding hydrogens is 282 g/mol. The Balaban J connectivity index is 2.27. The molecule has 2 atom stereocenters. The van der Waals surface area contributed by atoms with Crippen LogP contribution in [0.15, 0.2) is 24.3 Å². The third kappa shape index (κ3) is 3.87. The van der Waals surface area contributed by atoms with E-state index in [4.69, 9.17) is 0 Å². The lowest BCUT2D eigenvalue weighted by molar-refractivity contribution is -0.0809. The van der Waals surface area contributed by atoms with Gasteiger partial charge in [0.1, 0.15) is 0 Å². The first kappa shape index (κ1) is 17.4. The Kier molecular flexibility index (Phi) is 5.96. The number of aliphatic hydroxyl groups is 1. The molecule has 1 saturated carbocycles. The SMILES string of the molecule is CCC(C)c1ccc(C(O)(CC(F)F)C2CCCCC2)cc1. The van der Waals surface area contributed by atoms with Gasteiger partial charge >= 0.3 is 0 Å². The zero-order valence-corrected chi connectivity index (χ0v) is 13.7. The number of hydrogen-bond donors (Lipinski definition) is 1. The van der Waals surface area contributed by atoms with Crippen LogP contribution in [0.1, 0.15) is 75.8 Å². The molecule has 0 bridgehead atoms. The zero-order valence-electron chi connectivity index (χ0n) is 13.7. The van der Waals surface area contributed by atoms with Gasteiger partial charge in [0.2, 0.25) is 6.43 Å². The van der Waals surface area contributed by atoms with Crippen LogP contribution in [0.3, 0.4) is 0 Å². The summed E-state index contributed by atoms with van der Waals surface area (Å²) in [5.74, 6) is 0.400. The minimum absolute atomic E-state index is 0.0512. The van der Waals surface area contributed by atoms with Crippen molar-refractivity contribution < 1.29 is 13.9 Å². The fraction of sp³-hybridized carbons (Fsp3) is 0.684. The average Bonchev–Trinajstić information content (AvgIpc) is 2.54. The predicted octanol–water partition coefficient (Wildman–Crippen LogP) is 5.62. The molecule has 2 rings (SSSR count). The summed E-state index contributed by atoms with van der Waals surface area (Å²) in [4.78, 5) is 0. The van der Waals surface area contributed by atoms with Gasteiger partial charge in [-0.25, -0.2) is 8.78 Å². The lowest BCUT2D eigenvalue weighted by Gasteiger charge is -2.39. The monoisotopic (exact) mass is 310 g/mol. The molecule has 0 amide bonds. The van der Waals surface area contributed by atoms with Crippen LogP contribution in [0.4, 0.5) is 8.78 Å². The van der Waals surface area contributed by atoms with Crippen molar-refractivity contribution in [1.82, 2.24) is 0 Å². The van der Waals surface area contributed by atoms with Gasteiger partial charge in [0.15, 0.2) is 0 Å². The summed E-state index contributed by atoms with van der Waals surface area (Å²) >= 11 is 0. The van der Waals surface area contributed by atoms with Crippen LogP contribution >= 0.6 is 0 Å². The van der Waals surface area contributed by atoms with E-state index in [1.807, 2.05) is 24.3 Å². The summed E-state index contributed by atoms with van der Waals surface area (Å²) in [6.45, 7) is 4.29. The maximum absolute atomic E-state index is 13.1. The normalized spacial score (nSPS) is 20.8. The third-order valence-electron chi connectivity index (χ3n) is 5.34. The van der Waals surface area contributed by atoms with Crippen molar-refractivity contribution in [3.63, 3.8) is 0 Å². The number of halogens is 2. The molecule has 124 valence electrons. The maximum Gasteiger partial charge on any atom is 0.241 e. The Morgan fingerprint density at radius 1 is 1.14 bits per heavy atom. The van der Waals surface area contributed by atoms with Gasteiger partial charge in [-0.1, -0.05) is 57.4 Å². The first-order chi connectivity index (χ1) is 10.5. The Hall–Kier alpha value is -0.960. The third-order valence-corrected chi connectivity index (χ3v) is 5.34.